The van der Waals surface area contributed by atoms with Gasteiger partial charge < -0.3 is 14.2 Å². The van der Waals surface area contributed by atoms with Crippen LogP contribution in [-0.4, -0.2) is 0 Å². The van der Waals surface area contributed by atoms with Gasteiger partial charge in [0.05, 0.1) is 11.4 Å². The summed E-state index contributed by atoms with van der Waals surface area (Å²) in [5.41, 5.74) is 14.6. The summed E-state index contributed by atoms with van der Waals surface area (Å²) in [6.07, 6.45) is 4.25. The third kappa shape index (κ3) is 4.75. The van der Waals surface area contributed by atoms with Gasteiger partial charge in [-0.15, -0.1) is 0 Å². The molecule has 3 heteroatoms. The van der Waals surface area contributed by atoms with Crippen molar-refractivity contribution in [2.24, 2.45) is 0 Å². The maximum absolute atomic E-state index is 6.51. The smallest absolute Gasteiger partial charge is 0.137 e. The highest BCUT2D eigenvalue weighted by atomic mass is 16.3. The third-order valence-corrected chi connectivity index (χ3v) is 12.0. The van der Waals surface area contributed by atoms with Crippen LogP contribution in [0.2, 0.25) is 0 Å². The number of nitrogens with zero attached hydrogens (tertiary/aromatic N) is 2. The van der Waals surface area contributed by atoms with E-state index in [1.165, 1.54) is 55.8 Å². The molecule has 54 heavy (non-hydrogen) atoms. The molecule has 1 aromatic heterocycles. The fourth-order valence-corrected chi connectivity index (χ4v) is 9.69. The molecule has 0 radical (unpaired) electrons. The number of para-hydroxylation sites is 3. The van der Waals surface area contributed by atoms with Gasteiger partial charge in [0.2, 0.25) is 0 Å². The number of fused-ring (bicyclic) bond motifs is 8. The summed E-state index contributed by atoms with van der Waals surface area (Å²) in [5.74, 6) is 0. The quantitative estimate of drug-likeness (QED) is 0.173. The van der Waals surface area contributed by atoms with Crippen LogP contribution in [-0.2, 0) is 18.3 Å². The Balaban J connectivity index is 1.15. The number of hydrogen-bond acceptors (Lipinski definition) is 3. The van der Waals surface area contributed by atoms with Crippen LogP contribution in [0, 0.1) is 0 Å². The van der Waals surface area contributed by atoms with Gasteiger partial charge in [0.1, 0.15) is 11.2 Å². The van der Waals surface area contributed by atoms with Gasteiger partial charge in [-0.1, -0.05) is 109 Å². The largest absolute Gasteiger partial charge is 0.456 e. The molecule has 11 rings (SSSR count). The first-order chi connectivity index (χ1) is 26.7. The van der Waals surface area contributed by atoms with E-state index in [0.29, 0.717) is 0 Å². The lowest BCUT2D eigenvalue weighted by atomic mass is 9.74. The standard InChI is InChI=1S/C51H38N2O/c1-3-17-39(18-4-1)52(40-19-5-2-6-20-40)45-22-11-15-36-29-31-51(49(36)45)32-30-37-16-12-23-46(50(37)51)53(41-26-25-35-13-7-8-14-38(35)33-41)42-27-28-44-43-21-9-10-24-47(43)54-48(44)34-42/h1-28,33-34H,29-32H2/t51-/m1/s1. The lowest BCUT2D eigenvalue weighted by Gasteiger charge is -2.37. The topological polar surface area (TPSA) is 19.6 Å². The minimum absolute atomic E-state index is 0.155. The first kappa shape index (κ1) is 31.0. The Kier molecular flexibility index (Phi) is 7.03. The molecule has 3 nitrogen and oxygen atoms in total. The predicted octanol–water partition coefficient (Wildman–Crippen LogP) is 13.9. The molecule has 1 heterocycles. The van der Waals surface area contributed by atoms with Gasteiger partial charge in [-0.05, 0) is 125 Å². The fraction of sp³-hybridized carbons (Fsp3) is 0.0980. The number of aryl methyl sites for hydroxylation is 2. The van der Waals surface area contributed by atoms with Gasteiger partial charge in [-0.3, -0.25) is 0 Å². The maximum atomic E-state index is 6.51. The van der Waals surface area contributed by atoms with Crippen molar-refractivity contribution in [2.75, 3.05) is 9.80 Å². The molecular formula is C51H38N2O. The Bertz CT molecular complexity index is 2810. The zero-order valence-electron chi connectivity index (χ0n) is 30.0. The van der Waals surface area contributed by atoms with Crippen LogP contribution in [0.3, 0.4) is 0 Å². The van der Waals surface area contributed by atoms with Crippen LogP contribution >= 0.6 is 0 Å². The van der Waals surface area contributed by atoms with Crippen LogP contribution in [0.1, 0.15) is 35.1 Å². The Morgan fingerprint density at radius 2 is 0.926 bits per heavy atom. The molecule has 0 bridgehead atoms. The van der Waals surface area contributed by atoms with Crippen molar-refractivity contribution >= 4 is 66.8 Å². The summed E-state index contributed by atoms with van der Waals surface area (Å²) in [7, 11) is 0. The van der Waals surface area contributed by atoms with E-state index in [2.05, 4.69) is 186 Å². The lowest BCUT2D eigenvalue weighted by molar-refractivity contribution is 0.508. The second kappa shape index (κ2) is 12.2. The third-order valence-electron chi connectivity index (χ3n) is 12.0. The van der Waals surface area contributed by atoms with Crippen LogP contribution in [0.5, 0.6) is 0 Å². The average molecular weight is 695 g/mol. The van der Waals surface area contributed by atoms with Gasteiger partial charge >= 0.3 is 0 Å². The Labute approximate surface area is 315 Å². The fourth-order valence-electron chi connectivity index (χ4n) is 9.69. The average Bonchev–Trinajstić information content (AvgIpc) is 3.93. The Morgan fingerprint density at radius 1 is 0.389 bits per heavy atom. The first-order valence-corrected chi connectivity index (χ1v) is 19.1. The van der Waals surface area contributed by atoms with E-state index in [4.69, 9.17) is 4.42 Å². The zero-order chi connectivity index (χ0) is 35.6. The highest BCUT2D eigenvalue weighted by Crippen LogP contribution is 2.60. The van der Waals surface area contributed by atoms with E-state index in [1.807, 2.05) is 6.07 Å². The van der Waals surface area contributed by atoms with Crippen molar-refractivity contribution in [1.29, 1.82) is 0 Å². The number of furan rings is 1. The van der Waals surface area contributed by atoms with Crippen molar-refractivity contribution in [2.45, 2.75) is 31.1 Å². The van der Waals surface area contributed by atoms with Crippen molar-refractivity contribution < 1.29 is 4.42 Å². The summed E-state index contributed by atoms with van der Waals surface area (Å²) >= 11 is 0. The van der Waals surface area contributed by atoms with Crippen LogP contribution < -0.4 is 9.80 Å². The first-order valence-electron chi connectivity index (χ1n) is 19.1. The van der Waals surface area contributed by atoms with Crippen LogP contribution in [0.25, 0.3) is 32.7 Å². The van der Waals surface area contributed by atoms with E-state index < -0.39 is 0 Å². The molecule has 0 saturated heterocycles. The monoisotopic (exact) mass is 694 g/mol. The van der Waals surface area contributed by atoms with Crippen LogP contribution in [0.15, 0.2) is 186 Å². The highest BCUT2D eigenvalue weighted by Gasteiger charge is 2.49. The minimum Gasteiger partial charge on any atom is -0.456 e. The molecule has 1 spiro atoms. The van der Waals surface area contributed by atoms with Gasteiger partial charge in [-0.2, -0.15) is 0 Å². The van der Waals surface area contributed by atoms with E-state index in [0.717, 1.165) is 59.0 Å². The lowest BCUT2D eigenvalue weighted by Crippen LogP contribution is -2.27. The van der Waals surface area contributed by atoms with Crippen molar-refractivity contribution in [1.82, 2.24) is 0 Å². The van der Waals surface area contributed by atoms with E-state index in [-0.39, 0.29) is 5.41 Å². The molecule has 0 amide bonds. The van der Waals surface area contributed by atoms with Crippen molar-refractivity contribution in [3.8, 4) is 0 Å². The molecule has 0 saturated carbocycles. The number of benzene rings is 8. The second-order valence-corrected chi connectivity index (χ2v) is 14.9. The van der Waals surface area contributed by atoms with Gasteiger partial charge in [-0.25, -0.2) is 0 Å². The molecular weight excluding hydrogens is 657 g/mol. The number of hydrogen-bond donors (Lipinski definition) is 0. The normalized spacial score (nSPS) is 15.9. The summed E-state index contributed by atoms with van der Waals surface area (Å²) < 4.78 is 6.51. The SMILES string of the molecule is c1ccc(N(c2ccccc2)c2cccc3c2[C@@]2(CC3)CCc3cccc(N(c4ccc5ccccc5c4)c4ccc5c(c4)oc4ccccc45)c32)cc1. The molecule has 2 aliphatic rings. The maximum Gasteiger partial charge on any atom is 0.137 e. The highest BCUT2D eigenvalue weighted by molar-refractivity contribution is 6.06. The van der Waals surface area contributed by atoms with E-state index >= 15 is 0 Å². The molecule has 8 aromatic carbocycles. The minimum atomic E-state index is -0.155. The molecule has 258 valence electrons. The van der Waals surface area contributed by atoms with Crippen molar-refractivity contribution in [3.63, 3.8) is 0 Å². The molecule has 0 unspecified atom stereocenters. The Hall–Kier alpha value is -6.58. The number of anilines is 6. The molecule has 0 aliphatic heterocycles. The summed E-state index contributed by atoms with van der Waals surface area (Å²) in [4.78, 5) is 4.97. The summed E-state index contributed by atoms with van der Waals surface area (Å²) in [5, 5.41) is 4.74. The van der Waals surface area contributed by atoms with E-state index in [9.17, 15) is 0 Å². The second-order valence-electron chi connectivity index (χ2n) is 14.9. The van der Waals surface area contributed by atoms with Crippen LogP contribution in [0.4, 0.5) is 34.1 Å². The molecule has 0 N–H and O–H groups in total. The summed E-state index contributed by atoms with van der Waals surface area (Å²) in [6, 6.07) is 66.4. The number of rotatable bonds is 6. The zero-order valence-corrected chi connectivity index (χ0v) is 30.0. The van der Waals surface area contributed by atoms with Gasteiger partial charge in [0.15, 0.2) is 0 Å². The summed E-state index contributed by atoms with van der Waals surface area (Å²) in [6.45, 7) is 0. The predicted molar refractivity (Wildman–Crippen MR) is 224 cm³/mol. The molecule has 1 atom stereocenters. The molecule has 0 fully saturated rings. The molecule has 9 aromatic rings. The van der Waals surface area contributed by atoms with Gasteiger partial charge in [0.25, 0.3) is 0 Å². The van der Waals surface area contributed by atoms with E-state index in [1.54, 1.807) is 0 Å². The Morgan fingerprint density at radius 3 is 1.61 bits per heavy atom. The van der Waals surface area contributed by atoms with Crippen molar-refractivity contribution in [3.05, 3.63) is 204 Å². The molecule has 2 aliphatic carbocycles. The van der Waals surface area contributed by atoms with Gasteiger partial charge in [0, 0.05) is 45.0 Å².